The fraction of sp³-hybridized carbons (Fsp3) is 0.0789. The summed E-state index contributed by atoms with van der Waals surface area (Å²) < 4.78 is 10.9. The maximum absolute atomic E-state index is 13.6. The van der Waals surface area contributed by atoms with Crippen LogP contribution in [0, 0.1) is 5.41 Å². The number of carbonyl (C=O) groups excluding carboxylic acids is 4. The molecule has 0 unspecified atom stereocenters. The van der Waals surface area contributed by atoms with Crippen molar-refractivity contribution in [1.82, 2.24) is 5.32 Å². The number of nitrogens with two attached hydrogens (primary N) is 1. The van der Waals surface area contributed by atoms with Crippen molar-refractivity contribution in [3.63, 3.8) is 0 Å². The fourth-order valence-electron chi connectivity index (χ4n) is 4.78. The van der Waals surface area contributed by atoms with Crippen LogP contribution in [0.5, 0.6) is 0 Å². The quantitative estimate of drug-likeness (QED) is 0.0771. The summed E-state index contributed by atoms with van der Waals surface area (Å²) in [6.45, 7) is -0.322. The Balaban J connectivity index is 1.38. The first-order chi connectivity index (χ1) is 23.3. The second kappa shape index (κ2) is 15.6. The second-order valence-corrected chi connectivity index (χ2v) is 10.6. The third kappa shape index (κ3) is 8.58. The molecular formula is C38H32N4O6. The molecule has 5 rings (SSSR count). The summed E-state index contributed by atoms with van der Waals surface area (Å²) in [6.07, 6.45) is 0. The lowest BCUT2D eigenvalue weighted by molar-refractivity contribution is -0.143. The van der Waals surface area contributed by atoms with Gasteiger partial charge in [0, 0.05) is 22.4 Å². The molecule has 2 amide bonds. The minimum atomic E-state index is -0.708. The Bertz CT molecular complexity index is 1940. The number of hydrogen-bond donors (Lipinski definition) is 4. The van der Waals surface area contributed by atoms with E-state index in [1.54, 1.807) is 54.6 Å². The number of amidine groups is 1. The largest absolute Gasteiger partial charge is 0.460 e. The second-order valence-electron chi connectivity index (χ2n) is 10.6. The van der Waals surface area contributed by atoms with Gasteiger partial charge in [0.1, 0.15) is 25.6 Å². The van der Waals surface area contributed by atoms with Crippen molar-refractivity contribution in [2.75, 3.05) is 11.9 Å². The highest BCUT2D eigenvalue weighted by Crippen LogP contribution is 2.30. The summed E-state index contributed by atoms with van der Waals surface area (Å²) in [5, 5.41) is 12.9. The monoisotopic (exact) mass is 640 g/mol. The highest BCUT2D eigenvalue weighted by atomic mass is 16.5. The van der Waals surface area contributed by atoms with Crippen LogP contribution in [-0.4, -0.2) is 36.1 Å². The number of esters is 2. The highest BCUT2D eigenvalue weighted by molar-refractivity contribution is 6.11. The molecule has 48 heavy (non-hydrogen) atoms. The predicted molar refractivity (Wildman–Crippen MR) is 181 cm³/mol. The molecule has 10 nitrogen and oxygen atoms in total. The zero-order valence-electron chi connectivity index (χ0n) is 25.8. The first kappa shape index (κ1) is 32.8. The van der Waals surface area contributed by atoms with E-state index in [1.807, 2.05) is 60.7 Å². The van der Waals surface area contributed by atoms with E-state index in [9.17, 15) is 19.2 Å². The van der Waals surface area contributed by atoms with E-state index in [4.69, 9.17) is 20.6 Å². The molecule has 5 aromatic rings. The molecule has 0 aliphatic carbocycles. The molecule has 0 fully saturated rings. The molecule has 0 aliphatic heterocycles. The van der Waals surface area contributed by atoms with Gasteiger partial charge >= 0.3 is 11.9 Å². The lowest BCUT2D eigenvalue weighted by Gasteiger charge is -2.15. The molecule has 10 heteroatoms. The van der Waals surface area contributed by atoms with Crippen LogP contribution >= 0.6 is 0 Å². The Hall–Kier alpha value is -6.55. The van der Waals surface area contributed by atoms with Gasteiger partial charge in [-0.1, -0.05) is 84.9 Å². The van der Waals surface area contributed by atoms with E-state index < -0.39 is 23.8 Å². The van der Waals surface area contributed by atoms with Crippen molar-refractivity contribution in [3.05, 3.63) is 161 Å². The first-order valence-electron chi connectivity index (χ1n) is 15.0. The molecule has 0 saturated carbocycles. The number of amides is 2. The van der Waals surface area contributed by atoms with E-state index in [0.29, 0.717) is 22.4 Å². The average Bonchev–Trinajstić information content (AvgIpc) is 3.12. The fourth-order valence-corrected chi connectivity index (χ4v) is 4.78. The van der Waals surface area contributed by atoms with Crippen LogP contribution in [0.4, 0.5) is 5.69 Å². The molecule has 5 aromatic carbocycles. The molecule has 0 bridgehead atoms. The molecule has 0 aromatic heterocycles. The summed E-state index contributed by atoms with van der Waals surface area (Å²) in [4.78, 5) is 52.5. The van der Waals surface area contributed by atoms with Gasteiger partial charge in [-0.25, -0.2) is 4.79 Å². The number of nitrogens with one attached hydrogen (secondary N) is 3. The van der Waals surface area contributed by atoms with E-state index in [-0.39, 0.29) is 42.3 Å². The number of anilines is 1. The lowest BCUT2D eigenvalue weighted by atomic mass is 9.93. The molecule has 0 spiro atoms. The van der Waals surface area contributed by atoms with Crippen molar-refractivity contribution >= 4 is 35.3 Å². The molecular weight excluding hydrogens is 608 g/mol. The van der Waals surface area contributed by atoms with Crippen LogP contribution in [0.1, 0.15) is 47.8 Å². The third-order valence-corrected chi connectivity index (χ3v) is 7.27. The van der Waals surface area contributed by atoms with Gasteiger partial charge in [0.2, 0.25) is 0 Å². The van der Waals surface area contributed by atoms with Crippen LogP contribution in [-0.2, 0) is 27.5 Å². The van der Waals surface area contributed by atoms with Gasteiger partial charge in [0.15, 0.2) is 0 Å². The molecule has 0 saturated heterocycles. The van der Waals surface area contributed by atoms with Crippen molar-refractivity contribution in [1.29, 1.82) is 5.41 Å². The van der Waals surface area contributed by atoms with Gasteiger partial charge in [-0.3, -0.25) is 19.8 Å². The number of carbonyl (C=O) groups is 4. The number of ether oxygens (including phenoxy) is 2. The van der Waals surface area contributed by atoms with Gasteiger partial charge < -0.3 is 25.8 Å². The molecule has 240 valence electrons. The van der Waals surface area contributed by atoms with Crippen molar-refractivity contribution in [3.8, 4) is 11.1 Å². The smallest absolute Gasteiger partial charge is 0.339 e. The molecule has 0 radical (unpaired) electrons. The zero-order valence-corrected chi connectivity index (χ0v) is 25.8. The summed E-state index contributed by atoms with van der Waals surface area (Å²) >= 11 is 0. The van der Waals surface area contributed by atoms with Gasteiger partial charge in [0.05, 0.1) is 5.56 Å². The number of nitrogen functional groups attached to an aromatic ring is 1. The number of benzene rings is 5. The van der Waals surface area contributed by atoms with E-state index in [1.165, 1.54) is 12.1 Å². The van der Waals surface area contributed by atoms with Gasteiger partial charge in [-0.15, -0.1) is 0 Å². The van der Waals surface area contributed by atoms with Gasteiger partial charge in [-0.05, 0) is 64.7 Å². The van der Waals surface area contributed by atoms with Crippen LogP contribution in [0.15, 0.2) is 127 Å². The molecule has 0 atom stereocenters. The van der Waals surface area contributed by atoms with Crippen LogP contribution in [0.2, 0.25) is 0 Å². The summed E-state index contributed by atoms with van der Waals surface area (Å²) in [5.41, 5.74) is 9.33. The van der Waals surface area contributed by atoms with Crippen LogP contribution in [0.3, 0.4) is 0 Å². The Morgan fingerprint density at radius 1 is 0.604 bits per heavy atom. The zero-order chi connectivity index (χ0) is 33.9. The normalized spacial score (nSPS) is 10.4. The molecule has 0 heterocycles. The van der Waals surface area contributed by atoms with Gasteiger partial charge in [-0.2, -0.15) is 0 Å². The standard InChI is InChI=1S/C38H32N4O6/c39-35(40)27-15-18-29(19-16-27)42-37(45)32-14-8-7-13-30(32)31-20-17-28(21-33(31)38(46)48-24-26-11-5-2-6-12-26)36(44)41-22-34(43)47-23-25-9-3-1-4-10-25/h1-21H,22-24H2,(H3,39,40)(H,41,44)(H,42,45). The minimum absolute atomic E-state index is 0.0127. The minimum Gasteiger partial charge on any atom is -0.460 e. The van der Waals surface area contributed by atoms with E-state index in [2.05, 4.69) is 10.6 Å². The van der Waals surface area contributed by atoms with Crippen molar-refractivity contribution in [2.24, 2.45) is 5.73 Å². The Morgan fingerprint density at radius 2 is 1.17 bits per heavy atom. The van der Waals surface area contributed by atoms with Crippen molar-refractivity contribution in [2.45, 2.75) is 13.2 Å². The van der Waals surface area contributed by atoms with Crippen molar-refractivity contribution < 1.29 is 28.7 Å². The Kier molecular flexibility index (Phi) is 10.7. The highest BCUT2D eigenvalue weighted by Gasteiger charge is 2.22. The van der Waals surface area contributed by atoms with E-state index >= 15 is 0 Å². The predicted octanol–water partition coefficient (Wildman–Crippen LogP) is 5.72. The summed E-state index contributed by atoms with van der Waals surface area (Å²) in [7, 11) is 0. The van der Waals surface area contributed by atoms with E-state index in [0.717, 1.165) is 11.1 Å². The Morgan fingerprint density at radius 3 is 1.81 bits per heavy atom. The van der Waals surface area contributed by atoms with Gasteiger partial charge in [0.25, 0.3) is 11.8 Å². The number of rotatable bonds is 12. The molecule has 5 N–H and O–H groups in total. The third-order valence-electron chi connectivity index (χ3n) is 7.27. The van der Waals surface area contributed by atoms with Crippen LogP contribution < -0.4 is 16.4 Å². The topological polar surface area (TPSA) is 161 Å². The first-order valence-corrected chi connectivity index (χ1v) is 15.0. The lowest BCUT2D eigenvalue weighted by Crippen LogP contribution is -2.30. The Labute approximate surface area is 277 Å². The number of hydrogen-bond acceptors (Lipinski definition) is 7. The maximum atomic E-state index is 13.6. The maximum Gasteiger partial charge on any atom is 0.339 e. The summed E-state index contributed by atoms with van der Waals surface area (Å²) in [5.74, 6) is -2.47. The van der Waals surface area contributed by atoms with Crippen LogP contribution in [0.25, 0.3) is 11.1 Å². The molecule has 0 aliphatic rings. The summed E-state index contributed by atoms with van der Waals surface area (Å²) in [6, 6.07) is 36.0. The average molecular weight is 641 g/mol. The SMILES string of the molecule is N=C(N)c1ccc(NC(=O)c2ccccc2-c2ccc(C(=O)NCC(=O)OCc3ccccc3)cc2C(=O)OCc2ccccc2)cc1.